The molecule has 2 saturated heterocycles. The largest absolute Gasteiger partial charge is 0.503 e. The quantitative estimate of drug-likeness (QED) is 0.304. The number of hydrogen-bond donors (Lipinski definition) is 1. The van der Waals surface area contributed by atoms with Crippen molar-refractivity contribution in [3.8, 4) is 11.5 Å². The minimum Gasteiger partial charge on any atom is -0.503 e. The van der Waals surface area contributed by atoms with Gasteiger partial charge < -0.3 is 19.5 Å². The van der Waals surface area contributed by atoms with Crippen LogP contribution in [0.3, 0.4) is 0 Å². The summed E-state index contributed by atoms with van der Waals surface area (Å²) in [7, 11) is 1.40. The monoisotopic (exact) mass is 614 g/mol. The molecule has 1 N–H and O–H groups in total. The van der Waals surface area contributed by atoms with Gasteiger partial charge in [-0.25, -0.2) is 0 Å². The summed E-state index contributed by atoms with van der Waals surface area (Å²) in [5.41, 5.74) is 3.92. The van der Waals surface area contributed by atoms with Crippen LogP contribution in [0.1, 0.15) is 31.2 Å². The Morgan fingerprint density at radius 2 is 1.68 bits per heavy atom. The fourth-order valence-electron chi connectivity index (χ4n) is 7.57. The lowest BCUT2D eigenvalue weighted by Gasteiger charge is -2.42. The Balaban J connectivity index is 1.28. The molecule has 3 aliphatic carbocycles. The van der Waals surface area contributed by atoms with Crippen molar-refractivity contribution < 1.29 is 33.8 Å². The van der Waals surface area contributed by atoms with Gasteiger partial charge in [0.25, 0.3) is 0 Å². The van der Waals surface area contributed by atoms with Gasteiger partial charge in [-0.1, -0.05) is 23.3 Å². The molecule has 0 saturated carbocycles. The van der Waals surface area contributed by atoms with Crippen LogP contribution in [-0.2, 0) is 23.9 Å². The molecule has 2 heterocycles. The van der Waals surface area contributed by atoms with Gasteiger partial charge in [-0.15, -0.1) is 0 Å². The molecular weight excluding hydrogens is 584 g/mol. The lowest BCUT2D eigenvalue weighted by Crippen LogP contribution is -2.39. The molecule has 2 fully saturated rings. The molecule has 2 aromatic carbocycles. The van der Waals surface area contributed by atoms with E-state index in [-0.39, 0.29) is 46.3 Å². The highest BCUT2D eigenvalue weighted by Gasteiger charge is 2.56. The minimum absolute atomic E-state index is 0.0399. The molecule has 0 bridgehead atoms. The number of aromatic hydroxyl groups is 1. The van der Waals surface area contributed by atoms with E-state index in [9.17, 15) is 24.3 Å². The SMILES string of the molecule is COc1cc(C2C3=CCC4C(=O)N(c5ccc(N6CCOCC6)cc5)C(=O)C4C3CC3=C2C(=O)C=C(C)C3=O)cc(Cl)c1O. The van der Waals surface area contributed by atoms with E-state index in [1.54, 1.807) is 31.2 Å². The number of imide groups is 1. The number of allylic oxidation sites excluding steroid dienone is 6. The first-order chi connectivity index (χ1) is 21.2. The molecule has 226 valence electrons. The zero-order valence-electron chi connectivity index (χ0n) is 24.3. The molecule has 0 radical (unpaired) electrons. The molecule has 4 atom stereocenters. The Labute approximate surface area is 259 Å². The predicted octanol–water partition coefficient (Wildman–Crippen LogP) is 4.52. The van der Waals surface area contributed by atoms with E-state index in [2.05, 4.69) is 4.90 Å². The van der Waals surface area contributed by atoms with E-state index in [0.717, 1.165) is 24.4 Å². The molecule has 0 aromatic heterocycles. The third-order valence-electron chi connectivity index (χ3n) is 9.65. The second-order valence-electron chi connectivity index (χ2n) is 11.9. The minimum atomic E-state index is -0.693. The molecule has 5 aliphatic rings. The van der Waals surface area contributed by atoms with Crippen LogP contribution in [0, 0.1) is 17.8 Å². The maximum Gasteiger partial charge on any atom is 0.238 e. The average molecular weight is 615 g/mol. The number of phenolic OH excluding ortho intramolecular Hbond substituents is 1. The lowest BCUT2D eigenvalue weighted by atomic mass is 9.59. The van der Waals surface area contributed by atoms with Crippen LogP contribution in [0.2, 0.25) is 5.02 Å². The van der Waals surface area contributed by atoms with Crippen molar-refractivity contribution in [2.45, 2.75) is 25.7 Å². The number of phenols is 1. The smallest absolute Gasteiger partial charge is 0.238 e. The van der Waals surface area contributed by atoms with Crippen molar-refractivity contribution in [3.63, 3.8) is 0 Å². The Bertz CT molecular complexity index is 1720. The van der Waals surface area contributed by atoms with Gasteiger partial charge in [0, 0.05) is 41.4 Å². The van der Waals surface area contributed by atoms with Crippen molar-refractivity contribution in [2.24, 2.45) is 17.8 Å². The Morgan fingerprint density at radius 3 is 2.39 bits per heavy atom. The van der Waals surface area contributed by atoms with Gasteiger partial charge in [0.15, 0.2) is 23.1 Å². The summed E-state index contributed by atoms with van der Waals surface area (Å²) in [5, 5.41) is 10.5. The van der Waals surface area contributed by atoms with E-state index in [0.29, 0.717) is 47.6 Å². The molecule has 44 heavy (non-hydrogen) atoms. The van der Waals surface area contributed by atoms with Gasteiger partial charge in [-0.3, -0.25) is 24.1 Å². The van der Waals surface area contributed by atoms with Crippen LogP contribution < -0.4 is 14.5 Å². The van der Waals surface area contributed by atoms with E-state index in [4.69, 9.17) is 21.1 Å². The van der Waals surface area contributed by atoms with Crippen LogP contribution in [0.4, 0.5) is 11.4 Å². The summed E-state index contributed by atoms with van der Waals surface area (Å²) >= 11 is 6.39. The Hall–Kier alpha value is -4.21. The average Bonchev–Trinajstić information content (AvgIpc) is 3.30. The highest BCUT2D eigenvalue weighted by Crippen LogP contribution is 2.56. The maximum atomic E-state index is 14.2. The third kappa shape index (κ3) is 4.32. The van der Waals surface area contributed by atoms with Crippen molar-refractivity contribution >= 4 is 46.4 Å². The van der Waals surface area contributed by atoms with Crippen molar-refractivity contribution in [1.82, 2.24) is 0 Å². The van der Waals surface area contributed by atoms with Crippen LogP contribution >= 0.6 is 11.6 Å². The first-order valence-corrected chi connectivity index (χ1v) is 15.1. The number of fused-ring (bicyclic) bond motifs is 3. The molecule has 0 spiro atoms. The number of rotatable bonds is 4. The van der Waals surface area contributed by atoms with Crippen molar-refractivity contribution in [2.75, 3.05) is 43.2 Å². The third-order valence-corrected chi connectivity index (χ3v) is 9.94. The van der Waals surface area contributed by atoms with Gasteiger partial charge >= 0.3 is 0 Å². The van der Waals surface area contributed by atoms with Crippen LogP contribution in [0.25, 0.3) is 0 Å². The van der Waals surface area contributed by atoms with Gasteiger partial charge in [0.2, 0.25) is 11.8 Å². The number of carbonyl (C=O) groups is 4. The first kappa shape index (κ1) is 28.6. The number of halogens is 1. The Morgan fingerprint density at radius 1 is 0.977 bits per heavy atom. The van der Waals surface area contributed by atoms with Gasteiger partial charge in [-0.2, -0.15) is 0 Å². The number of carbonyl (C=O) groups excluding carboxylic acids is 4. The van der Waals surface area contributed by atoms with Gasteiger partial charge in [0.05, 0.1) is 42.9 Å². The topological polar surface area (TPSA) is 113 Å². The highest BCUT2D eigenvalue weighted by atomic mass is 35.5. The number of anilines is 2. The van der Waals surface area contributed by atoms with E-state index >= 15 is 0 Å². The van der Waals surface area contributed by atoms with E-state index in [1.165, 1.54) is 18.1 Å². The van der Waals surface area contributed by atoms with Crippen LogP contribution in [-0.4, -0.2) is 61.9 Å². The molecular formula is C34H31ClN2O7. The lowest BCUT2D eigenvalue weighted by molar-refractivity contribution is -0.123. The number of amides is 2. The first-order valence-electron chi connectivity index (χ1n) is 14.8. The number of ketones is 2. The molecule has 2 aromatic rings. The summed E-state index contributed by atoms with van der Waals surface area (Å²) in [4.78, 5) is 58.5. The molecule has 9 nitrogen and oxygen atoms in total. The zero-order chi connectivity index (χ0) is 30.9. The fourth-order valence-corrected chi connectivity index (χ4v) is 7.79. The predicted molar refractivity (Wildman–Crippen MR) is 163 cm³/mol. The number of hydrogen-bond acceptors (Lipinski definition) is 8. The highest BCUT2D eigenvalue weighted by molar-refractivity contribution is 6.32. The van der Waals surface area contributed by atoms with Crippen LogP contribution in [0.5, 0.6) is 11.5 Å². The summed E-state index contributed by atoms with van der Waals surface area (Å²) in [6.45, 7) is 4.46. The summed E-state index contributed by atoms with van der Waals surface area (Å²) < 4.78 is 10.8. The maximum absolute atomic E-state index is 14.2. The molecule has 2 amide bonds. The molecule has 7 rings (SSSR count). The van der Waals surface area contributed by atoms with E-state index in [1.807, 2.05) is 18.2 Å². The zero-order valence-corrected chi connectivity index (χ0v) is 25.1. The number of morpholine rings is 1. The molecule has 4 unspecified atom stereocenters. The second-order valence-corrected chi connectivity index (χ2v) is 12.3. The van der Waals surface area contributed by atoms with Gasteiger partial charge in [-0.05, 0) is 73.7 Å². The number of benzene rings is 2. The number of methoxy groups -OCH3 is 1. The summed E-state index contributed by atoms with van der Waals surface area (Å²) in [6, 6.07) is 10.6. The molecule has 10 heteroatoms. The Kier molecular flexibility index (Phi) is 6.98. The van der Waals surface area contributed by atoms with Crippen molar-refractivity contribution in [3.05, 3.63) is 81.4 Å². The number of Topliss-reactive ketones (excluding diaryl/α,β-unsaturated/α-hetero) is 1. The van der Waals surface area contributed by atoms with Crippen LogP contribution in [0.15, 0.2) is 70.8 Å². The standard InChI is InChI=1S/C34H31ClN2O7/c1-17-13-26(38)30-24(31(17)39)16-23-21(28(30)18-14-25(35)32(40)27(15-18)43-2)7-8-22-29(23)34(42)37(33(22)41)20-5-3-19(4-6-20)36-9-11-44-12-10-36/h3-7,13-15,22-23,28-29,40H,8-12,16H2,1-2H3. The van der Waals surface area contributed by atoms with Crippen molar-refractivity contribution in [1.29, 1.82) is 0 Å². The second kappa shape index (κ2) is 10.7. The van der Waals surface area contributed by atoms with E-state index < -0.39 is 23.7 Å². The van der Waals surface area contributed by atoms with Gasteiger partial charge in [0.1, 0.15) is 0 Å². The summed E-state index contributed by atoms with van der Waals surface area (Å²) in [5.74, 6) is -3.63. The fraction of sp³-hybridized carbons (Fsp3) is 0.353. The normalized spacial score (nSPS) is 26.7. The number of nitrogens with zero attached hydrogens (tertiary/aromatic N) is 2. The number of ether oxygens (including phenoxy) is 2. The molecule has 2 aliphatic heterocycles. The summed E-state index contributed by atoms with van der Waals surface area (Å²) in [6.07, 6.45) is 3.81.